The molecule has 1 aromatic rings. The highest BCUT2D eigenvalue weighted by atomic mass is 35.5. The van der Waals surface area contributed by atoms with E-state index in [4.69, 9.17) is 26.8 Å². The molecule has 0 saturated heterocycles. The van der Waals surface area contributed by atoms with Crippen molar-refractivity contribution in [3.05, 3.63) is 23.2 Å². The summed E-state index contributed by atoms with van der Waals surface area (Å²) in [7, 11) is 0. The van der Waals surface area contributed by atoms with Gasteiger partial charge in [-0.2, -0.15) is 0 Å². The van der Waals surface area contributed by atoms with Gasteiger partial charge in [-0.05, 0) is 25.5 Å². The van der Waals surface area contributed by atoms with Crippen molar-refractivity contribution in [2.45, 2.75) is 26.4 Å². The number of halogens is 1. The van der Waals surface area contributed by atoms with Gasteiger partial charge in [-0.25, -0.2) is 0 Å². The number of rotatable bonds is 6. The lowest BCUT2D eigenvalue weighted by Crippen LogP contribution is -2.11. The minimum atomic E-state index is 0.187. The minimum Gasteiger partial charge on any atom is -0.491 e. The molecule has 2 N–H and O–H groups in total. The summed E-state index contributed by atoms with van der Waals surface area (Å²) < 4.78 is 11.0. The third kappa shape index (κ3) is 3.91. The average Bonchev–Trinajstić information content (AvgIpc) is 2.28. The topological polar surface area (TPSA) is 44.5 Å². The Morgan fingerprint density at radius 3 is 2.75 bits per heavy atom. The van der Waals surface area contributed by atoms with Crippen LogP contribution in [-0.4, -0.2) is 19.3 Å². The number of ether oxygens (including phenoxy) is 2. The van der Waals surface area contributed by atoms with Crippen molar-refractivity contribution in [3.63, 3.8) is 0 Å². The van der Waals surface area contributed by atoms with Crippen molar-refractivity contribution in [2.75, 3.05) is 13.2 Å². The lowest BCUT2D eigenvalue weighted by Gasteiger charge is -2.14. The van der Waals surface area contributed by atoms with Gasteiger partial charge in [-0.15, -0.1) is 0 Å². The van der Waals surface area contributed by atoms with Crippen molar-refractivity contribution in [1.29, 1.82) is 0 Å². The lowest BCUT2D eigenvalue weighted by molar-refractivity contribution is 0.217. The molecule has 0 saturated carbocycles. The van der Waals surface area contributed by atoms with Crippen molar-refractivity contribution < 1.29 is 9.47 Å². The van der Waals surface area contributed by atoms with E-state index in [0.29, 0.717) is 23.9 Å². The molecule has 0 aromatic heterocycles. The Balaban J connectivity index is 2.66. The van der Waals surface area contributed by atoms with E-state index in [1.165, 1.54) is 0 Å². The van der Waals surface area contributed by atoms with E-state index in [1.54, 1.807) is 12.1 Å². The summed E-state index contributed by atoms with van der Waals surface area (Å²) in [5.41, 5.74) is 5.35. The fourth-order valence-corrected chi connectivity index (χ4v) is 1.38. The number of nitrogens with two attached hydrogens (primary N) is 1. The SMILES string of the molecule is CCC(C)Oc1ccc(OCCN)c(Cl)c1. The van der Waals surface area contributed by atoms with Gasteiger partial charge in [0, 0.05) is 12.6 Å². The second-order valence-electron chi connectivity index (χ2n) is 3.57. The number of hydrogen-bond donors (Lipinski definition) is 1. The number of hydrogen-bond acceptors (Lipinski definition) is 3. The molecule has 0 bridgehead atoms. The van der Waals surface area contributed by atoms with E-state index in [1.807, 2.05) is 13.0 Å². The lowest BCUT2D eigenvalue weighted by atomic mass is 10.3. The summed E-state index contributed by atoms with van der Waals surface area (Å²) in [6, 6.07) is 5.42. The van der Waals surface area contributed by atoms with Crippen LogP contribution in [0.2, 0.25) is 5.02 Å². The molecule has 1 rings (SSSR count). The molecule has 0 spiro atoms. The molecule has 4 heteroatoms. The van der Waals surface area contributed by atoms with Gasteiger partial charge in [0.15, 0.2) is 0 Å². The Bertz CT molecular complexity index is 331. The van der Waals surface area contributed by atoms with E-state index in [-0.39, 0.29) is 6.10 Å². The van der Waals surface area contributed by atoms with Crippen LogP contribution >= 0.6 is 11.6 Å². The Hall–Kier alpha value is -0.930. The maximum Gasteiger partial charge on any atom is 0.138 e. The molecule has 0 fully saturated rings. The number of benzene rings is 1. The summed E-state index contributed by atoms with van der Waals surface area (Å²) >= 11 is 6.05. The molecule has 90 valence electrons. The van der Waals surface area contributed by atoms with Crippen LogP contribution in [0.4, 0.5) is 0 Å². The molecule has 1 atom stereocenters. The highest BCUT2D eigenvalue weighted by Crippen LogP contribution is 2.29. The first kappa shape index (κ1) is 13.1. The first-order valence-electron chi connectivity index (χ1n) is 5.46. The van der Waals surface area contributed by atoms with Gasteiger partial charge >= 0.3 is 0 Å². The van der Waals surface area contributed by atoms with Gasteiger partial charge < -0.3 is 15.2 Å². The zero-order chi connectivity index (χ0) is 12.0. The fraction of sp³-hybridized carbons (Fsp3) is 0.500. The molecule has 0 aliphatic rings. The molecule has 0 radical (unpaired) electrons. The largest absolute Gasteiger partial charge is 0.491 e. The van der Waals surface area contributed by atoms with E-state index < -0.39 is 0 Å². The summed E-state index contributed by atoms with van der Waals surface area (Å²) in [6.45, 7) is 5.03. The van der Waals surface area contributed by atoms with Gasteiger partial charge in [0.25, 0.3) is 0 Å². The molecule has 0 aliphatic heterocycles. The van der Waals surface area contributed by atoms with Crippen LogP contribution in [-0.2, 0) is 0 Å². The van der Waals surface area contributed by atoms with Crippen LogP contribution in [0.15, 0.2) is 18.2 Å². The van der Waals surface area contributed by atoms with E-state index in [2.05, 4.69) is 6.92 Å². The highest BCUT2D eigenvalue weighted by molar-refractivity contribution is 6.32. The van der Waals surface area contributed by atoms with Crippen LogP contribution < -0.4 is 15.2 Å². The van der Waals surface area contributed by atoms with Crippen molar-refractivity contribution in [1.82, 2.24) is 0 Å². The predicted octanol–water partition coefficient (Wildman–Crippen LogP) is 2.85. The molecule has 1 unspecified atom stereocenters. The Labute approximate surface area is 101 Å². The van der Waals surface area contributed by atoms with Crippen LogP contribution in [0.5, 0.6) is 11.5 Å². The third-order valence-corrected chi connectivity index (χ3v) is 2.49. The monoisotopic (exact) mass is 243 g/mol. The molecule has 0 amide bonds. The van der Waals surface area contributed by atoms with Gasteiger partial charge in [0.05, 0.1) is 11.1 Å². The van der Waals surface area contributed by atoms with Crippen LogP contribution in [0.3, 0.4) is 0 Å². The van der Waals surface area contributed by atoms with E-state index in [0.717, 1.165) is 12.2 Å². The molecule has 3 nitrogen and oxygen atoms in total. The molecular weight excluding hydrogens is 226 g/mol. The van der Waals surface area contributed by atoms with Gasteiger partial charge in [-0.3, -0.25) is 0 Å². The molecule has 16 heavy (non-hydrogen) atoms. The zero-order valence-electron chi connectivity index (χ0n) is 9.70. The summed E-state index contributed by atoms with van der Waals surface area (Å²) in [6.07, 6.45) is 1.15. The molecular formula is C12H18ClNO2. The molecule has 0 heterocycles. The van der Waals surface area contributed by atoms with E-state index in [9.17, 15) is 0 Å². The molecule has 1 aromatic carbocycles. The highest BCUT2D eigenvalue weighted by Gasteiger charge is 2.06. The first-order chi connectivity index (χ1) is 7.67. The van der Waals surface area contributed by atoms with E-state index >= 15 is 0 Å². The van der Waals surface area contributed by atoms with Crippen LogP contribution in [0, 0.1) is 0 Å². The Kier molecular flexibility index (Phi) is 5.43. The quantitative estimate of drug-likeness (QED) is 0.836. The zero-order valence-corrected chi connectivity index (χ0v) is 10.5. The fourth-order valence-electron chi connectivity index (χ4n) is 1.16. The standard InChI is InChI=1S/C12H18ClNO2/c1-3-9(2)16-10-4-5-12(11(13)8-10)15-7-6-14/h4-5,8-9H,3,6-7,14H2,1-2H3. The Morgan fingerprint density at radius 2 is 2.19 bits per heavy atom. The maximum atomic E-state index is 6.05. The second-order valence-corrected chi connectivity index (χ2v) is 3.97. The summed E-state index contributed by atoms with van der Waals surface area (Å²) in [4.78, 5) is 0. The van der Waals surface area contributed by atoms with Gasteiger partial charge in [0.1, 0.15) is 18.1 Å². The second kappa shape index (κ2) is 6.61. The average molecular weight is 244 g/mol. The summed E-state index contributed by atoms with van der Waals surface area (Å²) in [5.74, 6) is 1.41. The predicted molar refractivity (Wildman–Crippen MR) is 66.4 cm³/mol. The van der Waals surface area contributed by atoms with Crippen molar-refractivity contribution in [3.8, 4) is 11.5 Å². The summed E-state index contributed by atoms with van der Waals surface area (Å²) in [5, 5.41) is 0.550. The van der Waals surface area contributed by atoms with Crippen LogP contribution in [0.25, 0.3) is 0 Å². The maximum absolute atomic E-state index is 6.05. The van der Waals surface area contributed by atoms with Crippen molar-refractivity contribution >= 4 is 11.6 Å². The first-order valence-corrected chi connectivity index (χ1v) is 5.84. The van der Waals surface area contributed by atoms with Gasteiger partial charge in [-0.1, -0.05) is 18.5 Å². The van der Waals surface area contributed by atoms with Crippen LogP contribution in [0.1, 0.15) is 20.3 Å². The Morgan fingerprint density at radius 1 is 1.44 bits per heavy atom. The third-order valence-electron chi connectivity index (χ3n) is 2.19. The van der Waals surface area contributed by atoms with Crippen molar-refractivity contribution in [2.24, 2.45) is 5.73 Å². The molecule has 0 aliphatic carbocycles. The minimum absolute atomic E-state index is 0.187. The van der Waals surface area contributed by atoms with Gasteiger partial charge in [0.2, 0.25) is 0 Å². The smallest absolute Gasteiger partial charge is 0.138 e. The normalized spacial score (nSPS) is 12.2.